The van der Waals surface area contributed by atoms with Crippen LogP contribution in [0.4, 0.5) is 0 Å². The minimum absolute atomic E-state index is 0.521. The zero-order valence-electron chi connectivity index (χ0n) is 8.67. The van der Waals surface area contributed by atoms with E-state index in [9.17, 15) is 0 Å². The van der Waals surface area contributed by atoms with E-state index in [1.807, 2.05) is 13.2 Å². The van der Waals surface area contributed by atoms with E-state index in [0.29, 0.717) is 5.92 Å². The van der Waals surface area contributed by atoms with Crippen molar-refractivity contribution in [2.45, 2.75) is 27.2 Å². The molecular weight excluding hydrogens is 148 g/mol. The molecule has 0 aliphatic heterocycles. The third kappa shape index (κ3) is 2.68. The Morgan fingerprint density at radius 1 is 1.58 bits per heavy atom. The van der Waals surface area contributed by atoms with E-state index >= 15 is 0 Å². The zero-order chi connectivity index (χ0) is 9.56. The highest BCUT2D eigenvalue weighted by molar-refractivity contribution is 5.85. The van der Waals surface area contributed by atoms with Crippen molar-refractivity contribution in [3.63, 3.8) is 0 Å². The van der Waals surface area contributed by atoms with E-state index < -0.39 is 0 Å². The minimum atomic E-state index is 0.521. The quantitative estimate of drug-likeness (QED) is 0.465. The molecule has 0 N–H and O–H groups in total. The second-order valence-electron chi connectivity index (χ2n) is 2.86. The van der Waals surface area contributed by atoms with Crippen LogP contribution in [0.5, 0.6) is 0 Å². The molecule has 0 bridgehead atoms. The molecule has 0 spiro atoms. The third-order valence-corrected chi connectivity index (χ3v) is 2.14. The van der Waals surface area contributed by atoms with Crippen LogP contribution in [-0.2, 0) is 0 Å². The van der Waals surface area contributed by atoms with Crippen LogP contribution in [-0.4, -0.2) is 24.3 Å². The van der Waals surface area contributed by atoms with Crippen LogP contribution in [0.25, 0.3) is 0 Å². The predicted octanol–water partition coefficient (Wildman–Crippen LogP) is 2.53. The predicted molar refractivity (Wildman–Crippen MR) is 55.4 cm³/mol. The van der Waals surface area contributed by atoms with E-state index in [0.717, 1.165) is 18.8 Å². The monoisotopic (exact) mass is 168 g/mol. The summed E-state index contributed by atoms with van der Waals surface area (Å²) in [4.78, 5) is 6.36. The van der Waals surface area contributed by atoms with Crippen molar-refractivity contribution in [1.82, 2.24) is 4.90 Å². The summed E-state index contributed by atoms with van der Waals surface area (Å²) in [6.45, 7) is 11.2. The lowest BCUT2D eigenvalue weighted by Gasteiger charge is -2.23. The van der Waals surface area contributed by atoms with Gasteiger partial charge in [-0.3, -0.25) is 4.99 Å². The number of rotatable bonds is 4. The highest BCUT2D eigenvalue weighted by Gasteiger charge is 2.11. The molecule has 0 aliphatic rings. The number of hydrogen-bond donors (Lipinski definition) is 0. The lowest BCUT2D eigenvalue weighted by Crippen LogP contribution is -2.30. The molecule has 0 saturated heterocycles. The van der Waals surface area contributed by atoms with Crippen molar-refractivity contribution in [1.29, 1.82) is 0 Å². The first-order chi connectivity index (χ1) is 5.71. The van der Waals surface area contributed by atoms with Gasteiger partial charge in [0.1, 0.15) is 5.84 Å². The lowest BCUT2D eigenvalue weighted by atomic mass is 10.1. The minimum Gasteiger partial charge on any atom is -0.337 e. The van der Waals surface area contributed by atoms with Crippen molar-refractivity contribution < 1.29 is 0 Å². The number of aliphatic imine (C=N–C) groups is 1. The van der Waals surface area contributed by atoms with Crippen LogP contribution in [0.15, 0.2) is 17.8 Å². The second-order valence-corrected chi connectivity index (χ2v) is 2.86. The molecule has 1 atom stereocenters. The summed E-state index contributed by atoms with van der Waals surface area (Å²) < 4.78 is 0. The molecule has 0 saturated carbocycles. The molecule has 0 aliphatic carbocycles. The molecule has 0 fully saturated rings. The fourth-order valence-corrected chi connectivity index (χ4v) is 1.20. The van der Waals surface area contributed by atoms with Crippen LogP contribution < -0.4 is 0 Å². The molecule has 0 aromatic heterocycles. The summed E-state index contributed by atoms with van der Waals surface area (Å²) in [5.74, 6) is 1.66. The average Bonchev–Trinajstić information content (AvgIpc) is 2.12. The first-order valence-electron chi connectivity index (χ1n) is 4.57. The van der Waals surface area contributed by atoms with Crippen molar-refractivity contribution in [3.05, 3.63) is 12.8 Å². The summed E-state index contributed by atoms with van der Waals surface area (Å²) in [6, 6.07) is 0. The van der Waals surface area contributed by atoms with Gasteiger partial charge in [0.15, 0.2) is 0 Å². The SMILES string of the molecule is C=CN(CC)C(=NC)C(C)CC. The Balaban J connectivity index is 4.42. The molecule has 1 unspecified atom stereocenters. The summed E-state index contributed by atoms with van der Waals surface area (Å²) in [6.07, 6.45) is 2.96. The van der Waals surface area contributed by atoms with E-state index in [1.165, 1.54) is 0 Å². The first-order valence-corrected chi connectivity index (χ1v) is 4.57. The Bertz CT molecular complexity index is 161. The molecule has 0 rings (SSSR count). The van der Waals surface area contributed by atoms with Gasteiger partial charge < -0.3 is 4.90 Å². The van der Waals surface area contributed by atoms with E-state index in [-0.39, 0.29) is 0 Å². The largest absolute Gasteiger partial charge is 0.337 e. The van der Waals surface area contributed by atoms with E-state index in [1.54, 1.807) is 0 Å². The van der Waals surface area contributed by atoms with Crippen molar-refractivity contribution >= 4 is 5.84 Å². The first kappa shape index (κ1) is 11.2. The number of amidine groups is 1. The standard InChI is InChI=1S/C10H20N2/c1-6-9(4)10(11-5)12(7-2)8-3/h7,9H,2,6,8H2,1,3-5H3. The Morgan fingerprint density at radius 2 is 2.17 bits per heavy atom. The molecule has 0 aromatic carbocycles. The van der Waals surface area contributed by atoms with Gasteiger partial charge in [0, 0.05) is 19.5 Å². The zero-order valence-corrected chi connectivity index (χ0v) is 8.67. The molecule has 2 heteroatoms. The Morgan fingerprint density at radius 3 is 2.42 bits per heavy atom. The average molecular weight is 168 g/mol. The molecule has 70 valence electrons. The van der Waals surface area contributed by atoms with Gasteiger partial charge in [-0.15, -0.1) is 0 Å². The van der Waals surface area contributed by atoms with Crippen LogP contribution in [0.1, 0.15) is 27.2 Å². The Labute approximate surface area is 76.0 Å². The van der Waals surface area contributed by atoms with Crippen LogP contribution >= 0.6 is 0 Å². The van der Waals surface area contributed by atoms with Gasteiger partial charge in [-0.1, -0.05) is 20.4 Å². The fourth-order valence-electron chi connectivity index (χ4n) is 1.20. The smallest absolute Gasteiger partial charge is 0.105 e. The molecular formula is C10H20N2. The molecule has 0 heterocycles. The topological polar surface area (TPSA) is 15.6 Å². The Hall–Kier alpha value is -0.790. The number of nitrogens with zero attached hydrogens (tertiary/aromatic N) is 2. The maximum atomic E-state index is 4.27. The maximum absolute atomic E-state index is 4.27. The van der Waals surface area contributed by atoms with Crippen LogP contribution in [0.3, 0.4) is 0 Å². The van der Waals surface area contributed by atoms with Crippen molar-refractivity contribution in [2.75, 3.05) is 13.6 Å². The fraction of sp³-hybridized carbons (Fsp3) is 0.700. The maximum Gasteiger partial charge on any atom is 0.105 e. The van der Waals surface area contributed by atoms with Gasteiger partial charge >= 0.3 is 0 Å². The van der Waals surface area contributed by atoms with E-state index in [2.05, 4.69) is 37.2 Å². The molecule has 0 radical (unpaired) electrons. The van der Waals surface area contributed by atoms with Gasteiger partial charge in [0.2, 0.25) is 0 Å². The normalized spacial score (nSPS) is 14.2. The van der Waals surface area contributed by atoms with Crippen molar-refractivity contribution in [2.24, 2.45) is 10.9 Å². The van der Waals surface area contributed by atoms with Crippen LogP contribution in [0, 0.1) is 5.92 Å². The molecule has 12 heavy (non-hydrogen) atoms. The molecule has 2 nitrogen and oxygen atoms in total. The highest BCUT2D eigenvalue weighted by atomic mass is 15.2. The van der Waals surface area contributed by atoms with Gasteiger partial charge in [-0.05, 0) is 19.5 Å². The second kappa shape index (κ2) is 5.81. The van der Waals surface area contributed by atoms with Gasteiger partial charge in [-0.2, -0.15) is 0 Å². The summed E-state index contributed by atoms with van der Waals surface area (Å²) >= 11 is 0. The summed E-state index contributed by atoms with van der Waals surface area (Å²) in [7, 11) is 1.84. The summed E-state index contributed by atoms with van der Waals surface area (Å²) in [5.41, 5.74) is 0. The lowest BCUT2D eigenvalue weighted by molar-refractivity contribution is 0.533. The van der Waals surface area contributed by atoms with E-state index in [4.69, 9.17) is 0 Å². The molecule has 0 aromatic rings. The van der Waals surface area contributed by atoms with Crippen LogP contribution in [0.2, 0.25) is 0 Å². The van der Waals surface area contributed by atoms with Gasteiger partial charge in [0.25, 0.3) is 0 Å². The van der Waals surface area contributed by atoms with Gasteiger partial charge in [0.05, 0.1) is 0 Å². The molecule has 0 amide bonds. The van der Waals surface area contributed by atoms with Crippen molar-refractivity contribution in [3.8, 4) is 0 Å². The third-order valence-electron chi connectivity index (χ3n) is 2.14. The number of hydrogen-bond acceptors (Lipinski definition) is 1. The summed E-state index contributed by atoms with van der Waals surface area (Å²) in [5, 5.41) is 0. The highest BCUT2D eigenvalue weighted by Crippen LogP contribution is 2.08. The Kier molecular flexibility index (Phi) is 5.43. The van der Waals surface area contributed by atoms with Gasteiger partial charge in [-0.25, -0.2) is 0 Å².